The molecular weight excluding hydrogens is 202 g/mol. The third-order valence-corrected chi connectivity index (χ3v) is 4.44. The number of rotatable bonds is 4. The summed E-state index contributed by atoms with van der Waals surface area (Å²) in [6.45, 7) is 3.11. The summed E-state index contributed by atoms with van der Waals surface area (Å²) >= 11 is 0. The number of nitrogens with two attached hydrogens (primary N) is 1. The molecule has 0 radical (unpaired) electrons. The van der Waals surface area contributed by atoms with Crippen molar-refractivity contribution in [2.45, 2.75) is 31.8 Å². The van der Waals surface area contributed by atoms with Crippen LogP contribution in [0, 0.1) is 0 Å². The summed E-state index contributed by atoms with van der Waals surface area (Å²) in [5.74, 6) is 0.486. The smallest absolute Gasteiger partial charge is 0.150 e. The highest BCUT2D eigenvalue weighted by Gasteiger charge is 2.37. The van der Waals surface area contributed by atoms with Crippen LogP contribution in [0.3, 0.4) is 0 Å². The second kappa shape index (κ2) is 4.59. The molecule has 0 aliphatic carbocycles. The fourth-order valence-electron chi connectivity index (χ4n) is 1.95. The minimum absolute atomic E-state index is 0.243. The van der Waals surface area contributed by atoms with Crippen molar-refractivity contribution in [1.82, 2.24) is 0 Å². The lowest BCUT2D eigenvalue weighted by Gasteiger charge is -2.36. The van der Waals surface area contributed by atoms with Gasteiger partial charge >= 0.3 is 0 Å². The Morgan fingerprint density at radius 2 is 1.93 bits per heavy atom. The van der Waals surface area contributed by atoms with Gasteiger partial charge in [-0.2, -0.15) is 0 Å². The van der Waals surface area contributed by atoms with Crippen molar-refractivity contribution < 1.29 is 13.2 Å². The van der Waals surface area contributed by atoms with Gasteiger partial charge in [-0.3, -0.25) is 0 Å². The minimum atomic E-state index is -2.81. The lowest BCUT2D eigenvalue weighted by atomic mass is 9.92. The molecule has 0 amide bonds. The maximum atomic E-state index is 11.3. The topological polar surface area (TPSA) is 69.4 Å². The van der Waals surface area contributed by atoms with Gasteiger partial charge in [0.2, 0.25) is 0 Å². The van der Waals surface area contributed by atoms with Gasteiger partial charge in [0.25, 0.3) is 0 Å². The van der Waals surface area contributed by atoms with Crippen LogP contribution in [0.15, 0.2) is 0 Å². The van der Waals surface area contributed by atoms with Crippen LogP contribution in [-0.4, -0.2) is 38.7 Å². The summed E-state index contributed by atoms with van der Waals surface area (Å²) in [5.41, 5.74) is 5.24. The van der Waals surface area contributed by atoms with E-state index in [1.807, 2.05) is 6.92 Å². The lowest BCUT2D eigenvalue weighted by Crippen LogP contribution is -2.43. The van der Waals surface area contributed by atoms with E-state index in [0.29, 0.717) is 26.0 Å². The molecule has 4 nitrogen and oxygen atoms in total. The van der Waals surface area contributed by atoms with Crippen molar-refractivity contribution in [3.05, 3.63) is 0 Å². The first-order valence-electron chi connectivity index (χ1n) is 5.08. The summed E-state index contributed by atoms with van der Waals surface area (Å²) in [7, 11) is -2.81. The molecule has 5 heteroatoms. The summed E-state index contributed by atoms with van der Waals surface area (Å²) in [5, 5.41) is 0. The molecule has 0 atom stereocenters. The van der Waals surface area contributed by atoms with Crippen LogP contribution >= 0.6 is 0 Å². The van der Waals surface area contributed by atoms with Gasteiger partial charge in [-0.1, -0.05) is 0 Å². The van der Waals surface area contributed by atoms with Gasteiger partial charge in [0.05, 0.1) is 17.1 Å². The summed E-state index contributed by atoms with van der Waals surface area (Å²) in [6.07, 6.45) is 1.96. The molecule has 1 heterocycles. The van der Waals surface area contributed by atoms with Crippen LogP contribution in [-0.2, 0) is 14.6 Å². The molecule has 1 aliphatic rings. The van der Waals surface area contributed by atoms with E-state index in [0.717, 1.165) is 6.42 Å². The Balaban J connectivity index is 2.63. The number of sulfone groups is 1. The van der Waals surface area contributed by atoms with E-state index in [9.17, 15) is 8.42 Å². The van der Waals surface area contributed by atoms with Crippen LogP contribution in [0.1, 0.15) is 26.2 Å². The Morgan fingerprint density at radius 3 is 2.36 bits per heavy atom. The van der Waals surface area contributed by atoms with E-state index in [4.69, 9.17) is 10.5 Å². The van der Waals surface area contributed by atoms with Crippen LogP contribution in [0.2, 0.25) is 0 Å². The standard InChI is InChI=1S/C9H19NO3S/c1-2-13-9(3-6-10)4-7-14(11,12)8-5-9/h2-8,10H2,1H3. The van der Waals surface area contributed by atoms with Crippen molar-refractivity contribution in [2.24, 2.45) is 5.73 Å². The molecule has 0 saturated carbocycles. The molecule has 84 valence electrons. The summed E-state index contributed by atoms with van der Waals surface area (Å²) in [4.78, 5) is 0. The molecule has 1 aliphatic heterocycles. The van der Waals surface area contributed by atoms with Crippen LogP contribution < -0.4 is 5.73 Å². The molecule has 1 fully saturated rings. The van der Waals surface area contributed by atoms with Gasteiger partial charge in [-0.25, -0.2) is 8.42 Å². The maximum Gasteiger partial charge on any atom is 0.150 e. The molecule has 1 saturated heterocycles. The maximum absolute atomic E-state index is 11.3. The molecule has 1 rings (SSSR count). The average Bonchev–Trinajstić information content (AvgIpc) is 2.12. The van der Waals surface area contributed by atoms with Gasteiger partial charge in [-0.15, -0.1) is 0 Å². The molecule has 2 N–H and O–H groups in total. The van der Waals surface area contributed by atoms with Crippen molar-refractivity contribution in [3.63, 3.8) is 0 Å². The predicted octanol–water partition coefficient (Wildman–Crippen LogP) is 0.319. The number of hydrogen-bond acceptors (Lipinski definition) is 4. The fourth-order valence-corrected chi connectivity index (χ4v) is 3.52. The van der Waals surface area contributed by atoms with Crippen LogP contribution in [0.5, 0.6) is 0 Å². The Bertz CT molecular complexity index is 252. The Hall–Kier alpha value is -0.130. The van der Waals surface area contributed by atoms with E-state index in [2.05, 4.69) is 0 Å². The fraction of sp³-hybridized carbons (Fsp3) is 1.00. The monoisotopic (exact) mass is 221 g/mol. The molecule has 0 unspecified atom stereocenters. The third kappa shape index (κ3) is 2.93. The van der Waals surface area contributed by atoms with Crippen LogP contribution in [0.4, 0.5) is 0 Å². The van der Waals surface area contributed by atoms with Gasteiger partial charge in [0.1, 0.15) is 0 Å². The highest BCUT2D eigenvalue weighted by atomic mass is 32.2. The second-order valence-corrected chi connectivity index (χ2v) is 6.11. The van der Waals surface area contributed by atoms with Crippen molar-refractivity contribution in [3.8, 4) is 0 Å². The third-order valence-electron chi connectivity index (χ3n) is 2.79. The Morgan fingerprint density at radius 1 is 1.36 bits per heavy atom. The summed E-state index contributed by atoms with van der Waals surface area (Å²) < 4.78 is 28.2. The highest BCUT2D eigenvalue weighted by molar-refractivity contribution is 7.91. The molecule has 0 aromatic rings. The van der Waals surface area contributed by atoms with Crippen molar-refractivity contribution in [2.75, 3.05) is 24.7 Å². The van der Waals surface area contributed by atoms with Gasteiger partial charge < -0.3 is 10.5 Å². The largest absolute Gasteiger partial charge is 0.375 e. The first-order chi connectivity index (χ1) is 6.54. The van der Waals surface area contributed by atoms with Crippen molar-refractivity contribution in [1.29, 1.82) is 0 Å². The van der Waals surface area contributed by atoms with E-state index in [1.165, 1.54) is 0 Å². The number of ether oxygens (including phenoxy) is 1. The van der Waals surface area contributed by atoms with E-state index in [1.54, 1.807) is 0 Å². The minimum Gasteiger partial charge on any atom is -0.375 e. The second-order valence-electron chi connectivity index (χ2n) is 3.81. The van der Waals surface area contributed by atoms with E-state index < -0.39 is 9.84 Å². The molecule has 14 heavy (non-hydrogen) atoms. The highest BCUT2D eigenvalue weighted by Crippen LogP contribution is 2.30. The van der Waals surface area contributed by atoms with Gasteiger partial charge in [0, 0.05) is 6.61 Å². The SMILES string of the molecule is CCOC1(CCN)CCS(=O)(=O)CC1. The first kappa shape index (κ1) is 11.9. The molecular formula is C9H19NO3S. The number of hydrogen-bond donors (Lipinski definition) is 1. The summed E-state index contributed by atoms with van der Waals surface area (Å²) in [6, 6.07) is 0. The molecule has 0 aromatic heterocycles. The van der Waals surface area contributed by atoms with E-state index >= 15 is 0 Å². The zero-order valence-electron chi connectivity index (χ0n) is 8.66. The zero-order chi connectivity index (χ0) is 10.7. The Labute approximate surface area is 85.7 Å². The Kier molecular flexibility index (Phi) is 3.92. The molecule has 0 aromatic carbocycles. The normalized spacial score (nSPS) is 24.7. The predicted molar refractivity (Wildman–Crippen MR) is 55.9 cm³/mol. The average molecular weight is 221 g/mol. The van der Waals surface area contributed by atoms with E-state index in [-0.39, 0.29) is 17.1 Å². The van der Waals surface area contributed by atoms with Gasteiger partial charge in [-0.05, 0) is 32.7 Å². The quantitative estimate of drug-likeness (QED) is 0.742. The molecule has 0 bridgehead atoms. The van der Waals surface area contributed by atoms with Crippen molar-refractivity contribution >= 4 is 9.84 Å². The lowest BCUT2D eigenvalue weighted by molar-refractivity contribution is -0.0505. The van der Waals surface area contributed by atoms with Gasteiger partial charge in [0.15, 0.2) is 9.84 Å². The van der Waals surface area contributed by atoms with Crippen LogP contribution in [0.25, 0.3) is 0 Å². The first-order valence-corrected chi connectivity index (χ1v) is 6.90. The molecule has 0 spiro atoms. The zero-order valence-corrected chi connectivity index (χ0v) is 9.48.